The summed E-state index contributed by atoms with van der Waals surface area (Å²) in [7, 11) is -3.83. The SMILES string of the molecule is Cc1csc(C(=O)O)c1S(=O)(=O)N1CC[C@@H](O)C1. The molecule has 6 nitrogen and oxygen atoms in total. The second-order valence-electron chi connectivity index (χ2n) is 4.19. The first-order valence-electron chi connectivity index (χ1n) is 5.33. The van der Waals surface area contributed by atoms with Gasteiger partial charge < -0.3 is 10.2 Å². The molecule has 1 aromatic heterocycles. The Morgan fingerprint density at radius 1 is 1.56 bits per heavy atom. The van der Waals surface area contributed by atoms with E-state index in [-0.39, 0.29) is 22.9 Å². The van der Waals surface area contributed by atoms with E-state index in [1.165, 1.54) is 5.38 Å². The van der Waals surface area contributed by atoms with E-state index in [1.807, 2.05) is 0 Å². The number of aromatic carboxylic acids is 1. The lowest BCUT2D eigenvalue weighted by molar-refractivity contribution is 0.0698. The number of aliphatic hydroxyl groups is 1. The van der Waals surface area contributed by atoms with E-state index in [2.05, 4.69) is 0 Å². The average Bonchev–Trinajstić information content (AvgIpc) is 2.84. The minimum absolute atomic E-state index is 0.0245. The molecule has 0 aliphatic carbocycles. The van der Waals surface area contributed by atoms with Crippen molar-refractivity contribution in [2.45, 2.75) is 24.3 Å². The molecule has 2 N–H and O–H groups in total. The van der Waals surface area contributed by atoms with Gasteiger partial charge in [0, 0.05) is 13.1 Å². The minimum Gasteiger partial charge on any atom is -0.477 e. The number of hydrogen-bond donors (Lipinski definition) is 2. The molecule has 0 unspecified atom stereocenters. The topological polar surface area (TPSA) is 94.9 Å². The van der Waals surface area contributed by atoms with Gasteiger partial charge >= 0.3 is 5.97 Å². The first-order valence-corrected chi connectivity index (χ1v) is 7.65. The summed E-state index contributed by atoms with van der Waals surface area (Å²) in [5.41, 5.74) is 0.429. The summed E-state index contributed by atoms with van der Waals surface area (Å²) in [6.45, 7) is 1.82. The fourth-order valence-corrected chi connectivity index (χ4v) is 5.04. The number of sulfonamides is 1. The molecule has 1 aliphatic heterocycles. The van der Waals surface area contributed by atoms with Crippen LogP contribution in [0, 0.1) is 6.92 Å². The molecule has 0 spiro atoms. The summed E-state index contributed by atoms with van der Waals surface area (Å²) < 4.78 is 25.8. The van der Waals surface area contributed by atoms with Gasteiger partial charge in [0.1, 0.15) is 9.77 Å². The smallest absolute Gasteiger partial charge is 0.347 e. The quantitative estimate of drug-likeness (QED) is 0.846. The summed E-state index contributed by atoms with van der Waals surface area (Å²) in [5, 5.41) is 19.9. The molecule has 1 fully saturated rings. The van der Waals surface area contributed by atoms with Crippen molar-refractivity contribution in [1.29, 1.82) is 0 Å². The van der Waals surface area contributed by atoms with Crippen molar-refractivity contribution in [3.05, 3.63) is 15.8 Å². The Balaban J connectivity index is 2.48. The monoisotopic (exact) mass is 291 g/mol. The Kier molecular flexibility index (Phi) is 3.45. The van der Waals surface area contributed by atoms with E-state index in [0.717, 1.165) is 15.6 Å². The molecule has 1 aromatic rings. The van der Waals surface area contributed by atoms with Gasteiger partial charge in [0.25, 0.3) is 0 Å². The van der Waals surface area contributed by atoms with Crippen LogP contribution in [0.2, 0.25) is 0 Å². The zero-order valence-electron chi connectivity index (χ0n) is 9.66. The molecule has 2 rings (SSSR count). The lowest BCUT2D eigenvalue weighted by atomic mass is 10.3. The lowest BCUT2D eigenvalue weighted by Gasteiger charge is -2.16. The van der Waals surface area contributed by atoms with E-state index in [0.29, 0.717) is 12.0 Å². The van der Waals surface area contributed by atoms with Crippen LogP contribution < -0.4 is 0 Å². The van der Waals surface area contributed by atoms with Crippen molar-refractivity contribution in [2.75, 3.05) is 13.1 Å². The van der Waals surface area contributed by atoms with Gasteiger partial charge in [-0.2, -0.15) is 4.31 Å². The maximum atomic E-state index is 12.3. The number of carboxylic acid groups (broad SMARTS) is 1. The summed E-state index contributed by atoms with van der Waals surface area (Å²) in [6.07, 6.45) is -0.294. The number of carboxylic acids is 1. The number of aliphatic hydroxyl groups excluding tert-OH is 1. The number of carbonyl (C=O) groups is 1. The molecule has 0 radical (unpaired) electrons. The third kappa shape index (κ3) is 2.16. The highest BCUT2D eigenvalue weighted by molar-refractivity contribution is 7.89. The molecule has 1 atom stereocenters. The summed E-state index contributed by atoms with van der Waals surface area (Å²) in [4.78, 5) is 10.7. The summed E-state index contributed by atoms with van der Waals surface area (Å²) in [5.74, 6) is -1.24. The van der Waals surface area contributed by atoms with Crippen LogP contribution in [0.4, 0.5) is 0 Å². The summed E-state index contributed by atoms with van der Waals surface area (Å²) in [6, 6.07) is 0. The highest BCUT2D eigenvalue weighted by atomic mass is 32.2. The van der Waals surface area contributed by atoms with Crippen molar-refractivity contribution in [2.24, 2.45) is 0 Å². The zero-order valence-corrected chi connectivity index (χ0v) is 11.3. The van der Waals surface area contributed by atoms with Crippen molar-refractivity contribution in [1.82, 2.24) is 4.31 Å². The third-order valence-corrected chi connectivity index (χ3v) is 6.10. The van der Waals surface area contributed by atoms with Crippen LogP contribution in [0.5, 0.6) is 0 Å². The fourth-order valence-electron chi connectivity index (χ4n) is 1.96. The van der Waals surface area contributed by atoms with Gasteiger partial charge in [0.2, 0.25) is 10.0 Å². The highest BCUT2D eigenvalue weighted by Crippen LogP contribution is 2.31. The lowest BCUT2D eigenvalue weighted by Crippen LogP contribution is -2.30. The highest BCUT2D eigenvalue weighted by Gasteiger charge is 2.36. The van der Waals surface area contributed by atoms with E-state index in [4.69, 9.17) is 5.11 Å². The van der Waals surface area contributed by atoms with E-state index >= 15 is 0 Å². The van der Waals surface area contributed by atoms with Crippen LogP contribution in [0.3, 0.4) is 0 Å². The molecule has 8 heteroatoms. The molecule has 2 heterocycles. The fraction of sp³-hybridized carbons (Fsp3) is 0.500. The van der Waals surface area contributed by atoms with E-state index in [9.17, 15) is 18.3 Å². The van der Waals surface area contributed by atoms with Crippen molar-refractivity contribution in [3.8, 4) is 0 Å². The maximum absolute atomic E-state index is 12.3. The molecular weight excluding hydrogens is 278 g/mol. The Morgan fingerprint density at radius 2 is 2.22 bits per heavy atom. The number of rotatable bonds is 3. The van der Waals surface area contributed by atoms with Gasteiger partial charge in [-0.15, -0.1) is 11.3 Å². The van der Waals surface area contributed by atoms with Crippen LogP contribution in [0.1, 0.15) is 21.7 Å². The van der Waals surface area contributed by atoms with Crippen molar-refractivity contribution in [3.63, 3.8) is 0 Å². The molecule has 0 aromatic carbocycles. The Labute approximate surface area is 109 Å². The van der Waals surface area contributed by atoms with Gasteiger partial charge in [0.05, 0.1) is 6.10 Å². The van der Waals surface area contributed by atoms with Gasteiger partial charge in [-0.05, 0) is 24.3 Å². The van der Waals surface area contributed by atoms with Gasteiger partial charge in [0.15, 0.2) is 0 Å². The number of nitrogens with zero attached hydrogens (tertiary/aromatic N) is 1. The Hall–Kier alpha value is -0.960. The van der Waals surface area contributed by atoms with Crippen LogP contribution >= 0.6 is 11.3 Å². The number of thiophene rings is 1. The molecule has 0 bridgehead atoms. The average molecular weight is 291 g/mol. The number of β-amino-alcohol motifs (C(OH)–C–C–N with tert-alkyl or cyclic N) is 1. The predicted octanol–water partition coefficient (Wildman–Crippen LogP) is 0.510. The van der Waals surface area contributed by atoms with Crippen molar-refractivity contribution < 1.29 is 23.4 Å². The molecule has 100 valence electrons. The van der Waals surface area contributed by atoms with Crippen LogP contribution in [0.25, 0.3) is 0 Å². The van der Waals surface area contributed by atoms with Crippen molar-refractivity contribution >= 4 is 27.3 Å². The second-order valence-corrected chi connectivity index (χ2v) is 6.94. The Morgan fingerprint density at radius 3 is 2.72 bits per heavy atom. The molecular formula is C10H13NO5S2. The van der Waals surface area contributed by atoms with Gasteiger partial charge in [-0.1, -0.05) is 0 Å². The first-order chi connectivity index (χ1) is 8.34. The van der Waals surface area contributed by atoms with Crippen LogP contribution in [-0.4, -0.2) is 48.1 Å². The van der Waals surface area contributed by atoms with Gasteiger partial charge in [-0.25, -0.2) is 13.2 Å². The van der Waals surface area contributed by atoms with Gasteiger partial charge in [-0.3, -0.25) is 0 Å². The molecule has 1 aliphatic rings. The second kappa shape index (κ2) is 4.61. The maximum Gasteiger partial charge on any atom is 0.347 e. The Bertz CT molecular complexity index is 577. The first kappa shape index (κ1) is 13.5. The van der Waals surface area contributed by atoms with Crippen LogP contribution in [-0.2, 0) is 10.0 Å². The minimum atomic E-state index is -3.83. The third-order valence-electron chi connectivity index (χ3n) is 2.84. The number of aryl methyl sites for hydroxylation is 1. The van der Waals surface area contributed by atoms with E-state index < -0.39 is 22.1 Å². The van der Waals surface area contributed by atoms with Crippen LogP contribution in [0.15, 0.2) is 10.3 Å². The number of hydrogen-bond acceptors (Lipinski definition) is 5. The molecule has 0 amide bonds. The largest absolute Gasteiger partial charge is 0.477 e. The molecule has 18 heavy (non-hydrogen) atoms. The predicted molar refractivity (Wildman–Crippen MR) is 65.4 cm³/mol. The van der Waals surface area contributed by atoms with E-state index in [1.54, 1.807) is 6.92 Å². The summed E-state index contributed by atoms with van der Waals surface area (Å²) >= 11 is 0.903. The normalized spacial score (nSPS) is 21.3. The standard InChI is InChI=1S/C10H13NO5S2/c1-6-5-17-8(10(13)14)9(6)18(15,16)11-3-2-7(12)4-11/h5,7,12H,2-4H2,1H3,(H,13,14)/t7-/m1/s1. The zero-order chi connectivity index (χ0) is 13.5. The molecule has 1 saturated heterocycles. The molecule has 0 saturated carbocycles.